The van der Waals surface area contributed by atoms with Crippen molar-refractivity contribution in [3.63, 3.8) is 0 Å². The Morgan fingerprint density at radius 1 is 1.36 bits per heavy atom. The largest absolute Gasteiger partial charge is 0.464 e. The van der Waals surface area contributed by atoms with E-state index in [-0.39, 0.29) is 6.10 Å². The molecule has 0 aromatic carbocycles. The van der Waals surface area contributed by atoms with E-state index in [9.17, 15) is 9.59 Å². The third kappa shape index (κ3) is 3.29. The zero-order valence-corrected chi connectivity index (χ0v) is 5.66. The maximum Gasteiger partial charge on any atom is 0.426 e. The van der Waals surface area contributed by atoms with Gasteiger partial charge in [0.15, 0.2) is 0 Å². The van der Waals surface area contributed by atoms with Crippen molar-refractivity contribution in [2.24, 2.45) is 0 Å². The van der Waals surface area contributed by atoms with Gasteiger partial charge in [-0.3, -0.25) is 0 Å². The van der Waals surface area contributed by atoms with Crippen LogP contribution in [-0.2, 0) is 4.74 Å². The summed E-state index contributed by atoms with van der Waals surface area (Å²) in [6.45, 7) is 0. The molecule has 1 rings (SSSR count). The maximum absolute atomic E-state index is 10.5. The first-order valence-electron chi connectivity index (χ1n) is 3.14. The average molecular weight is 160 g/mol. The van der Waals surface area contributed by atoms with Crippen LogP contribution in [-0.4, -0.2) is 23.4 Å². The summed E-state index contributed by atoms with van der Waals surface area (Å²) in [5, 5.41) is 8.03. The molecule has 0 aliphatic heterocycles. The highest BCUT2D eigenvalue weighted by atomic mass is 16.6. The zero-order valence-electron chi connectivity index (χ0n) is 5.66. The van der Waals surface area contributed by atoms with E-state index >= 15 is 0 Å². The molecule has 6 nitrogen and oxygen atoms in total. The van der Waals surface area contributed by atoms with Gasteiger partial charge >= 0.3 is 12.2 Å². The molecular weight excluding hydrogens is 152 g/mol. The van der Waals surface area contributed by atoms with Crippen molar-refractivity contribution in [2.75, 3.05) is 0 Å². The van der Waals surface area contributed by atoms with Gasteiger partial charge in [-0.05, 0) is 12.8 Å². The number of rotatable bonds is 1. The van der Waals surface area contributed by atoms with Gasteiger partial charge in [0.25, 0.3) is 0 Å². The van der Waals surface area contributed by atoms with Crippen LogP contribution < -0.4 is 10.9 Å². The quantitative estimate of drug-likeness (QED) is 0.473. The number of carbonyl (C=O) groups is 2. The van der Waals surface area contributed by atoms with Crippen molar-refractivity contribution in [1.29, 1.82) is 0 Å². The molecule has 0 bridgehead atoms. The molecule has 1 saturated carbocycles. The number of nitrogens with one attached hydrogen (secondary N) is 2. The van der Waals surface area contributed by atoms with Crippen molar-refractivity contribution in [3.05, 3.63) is 0 Å². The maximum atomic E-state index is 10.5. The number of hydrogen-bond acceptors (Lipinski definition) is 3. The number of hydrazine groups is 1. The number of ether oxygens (including phenoxy) is 1. The minimum Gasteiger partial charge on any atom is -0.464 e. The molecule has 1 aliphatic carbocycles. The second-order valence-corrected chi connectivity index (χ2v) is 2.16. The molecule has 62 valence electrons. The fraction of sp³-hybridized carbons (Fsp3) is 0.600. The summed E-state index contributed by atoms with van der Waals surface area (Å²) in [5.74, 6) is 0. The van der Waals surface area contributed by atoms with E-state index < -0.39 is 12.2 Å². The number of hydrogen-bond donors (Lipinski definition) is 3. The summed E-state index contributed by atoms with van der Waals surface area (Å²) < 4.78 is 4.64. The monoisotopic (exact) mass is 160 g/mol. The molecule has 0 atom stereocenters. The van der Waals surface area contributed by atoms with Crippen LogP contribution in [0.5, 0.6) is 0 Å². The van der Waals surface area contributed by atoms with Crippen LogP contribution in [0.2, 0.25) is 0 Å². The minimum atomic E-state index is -1.32. The van der Waals surface area contributed by atoms with Crippen LogP contribution in [0.15, 0.2) is 0 Å². The summed E-state index contributed by atoms with van der Waals surface area (Å²) in [5.41, 5.74) is 3.51. The molecular formula is C5H8N2O4. The molecule has 0 unspecified atom stereocenters. The average Bonchev–Trinajstić information content (AvgIpc) is 2.67. The molecule has 6 heteroatoms. The fourth-order valence-electron chi connectivity index (χ4n) is 0.471. The normalized spacial score (nSPS) is 15.3. The van der Waals surface area contributed by atoms with Crippen LogP contribution >= 0.6 is 0 Å². The fourth-order valence-corrected chi connectivity index (χ4v) is 0.471. The Morgan fingerprint density at radius 2 is 2.00 bits per heavy atom. The highest BCUT2D eigenvalue weighted by molar-refractivity contribution is 5.72. The second kappa shape index (κ2) is 3.09. The molecule has 1 fully saturated rings. The predicted octanol–water partition coefficient (Wildman–Crippen LogP) is 0.0576. The Kier molecular flexibility index (Phi) is 2.15. The van der Waals surface area contributed by atoms with Crippen LogP contribution in [0.4, 0.5) is 9.59 Å². The standard InChI is InChI=1S/C5H8N2O4/c8-4(9)6-7-5(10)11-3-1-2-3/h3,6H,1-2H2,(H,7,10)(H,8,9). The van der Waals surface area contributed by atoms with E-state index in [0.29, 0.717) is 0 Å². The third-order valence-corrected chi connectivity index (χ3v) is 1.07. The molecule has 0 spiro atoms. The number of carbonyl (C=O) groups excluding carboxylic acids is 1. The second-order valence-electron chi connectivity index (χ2n) is 2.16. The molecule has 0 saturated heterocycles. The van der Waals surface area contributed by atoms with Gasteiger partial charge in [0.1, 0.15) is 6.10 Å². The highest BCUT2D eigenvalue weighted by Gasteiger charge is 2.25. The molecule has 3 N–H and O–H groups in total. The van der Waals surface area contributed by atoms with Gasteiger partial charge in [-0.25, -0.2) is 20.4 Å². The Balaban J connectivity index is 2.04. The topological polar surface area (TPSA) is 87.7 Å². The summed E-state index contributed by atoms with van der Waals surface area (Å²) in [6.07, 6.45) is -0.376. The van der Waals surface area contributed by atoms with E-state index in [1.165, 1.54) is 0 Å². The Bertz CT molecular complexity index is 177. The first-order chi connectivity index (χ1) is 5.18. The molecule has 2 amide bonds. The highest BCUT2D eigenvalue weighted by Crippen LogP contribution is 2.23. The van der Waals surface area contributed by atoms with Gasteiger partial charge in [-0.15, -0.1) is 0 Å². The molecule has 0 aromatic heterocycles. The Labute approximate surface area is 62.5 Å². The summed E-state index contributed by atoms with van der Waals surface area (Å²) in [6, 6.07) is 0. The van der Waals surface area contributed by atoms with Crippen LogP contribution in [0.1, 0.15) is 12.8 Å². The lowest BCUT2D eigenvalue weighted by Crippen LogP contribution is -2.41. The summed E-state index contributed by atoms with van der Waals surface area (Å²) >= 11 is 0. The van der Waals surface area contributed by atoms with Crippen molar-refractivity contribution in [1.82, 2.24) is 10.9 Å². The van der Waals surface area contributed by atoms with Crippen LogP contribution in [0.25, 0.3) is 0 Å². The first kappa shape index (κ1) is 7.64. The first-order valence-corrected chi connectivity index (χ1v) is 3.14. The smallest absolute Gasteiger partial charge is 0.426 e. The van der Waals surface area contributed by atoms with Gasteiger partial charge in [-0.2, -0.15) is 0 Å². The van der Waals surface area contributed by atoms with E-state index in [2.05, 4.69) is 4.74 Å². The third-order valence-electron chi connectivity index (χ3n) is 1.07. The van der Waals surface area contributed by atoms with Crippen molar-refractivity contribution in [2.45, 2.75) is 18.9 Å². The number of carboxylic acid groups (broad SMARTS) is 1. The SMILES string of the molecule is O=C(O)NNC(=O)OC1CC1. The van der Waals surface area contributed by atoms with E-state index in [1.807, 2.05) is 5.43 Å². The van der Waals surface area contributed by atoms with Crippen molar-refractivity contribution >= 4 is 12.2 Å². The van der Waals surface area contributed by atoms with Crippen molar-refractivity contribution in [3.8, 4) is 0 Å². The van der Waals surface area contributed by atoms with Gasteiger partial charge in [0.05, 0.1) is 0 Å². The predicted molar refractivity (Wildman–Crippen MR) is 33.8 cm³/mol. The minimum absolute atomic E-state index is 0.0226. The van der Waals surface area contributed by atoms with Gasteiger partial charge < -0.3 is 9.84 Å². The van der Waals surface area contributed by atoms with Gasteiger partial charge in [-0.1, -0.05) is 0 Å². The van der Waals surface area contributed by atoms with Gasteiger partial charge in [0, 0.05) is 0 Å². The molecule has 0 aromatic rings. The molecule has 0 heterocycles. The molecule has 1 aliphatic rings. The zero-order chi connectivity index (χ0) is 8.27. The van der Waals surface area contributed by atoms with E-state index in [0.717, 1.165) is 12.8 Å². The molecule has 11 heavy (non-hydrogen) atoms. The van der Waals surface area contributed by atoms with Gasteiger partial charge in [0.2, 0.25) is 0 Å². The van der Waals surface area contributed by atoms with Crippen molar-refractivity contribution < 1.29 is 19.4 Å². The lowest BCUT2D eigenvalue weighted by molar-refractivity contribution is 0.130. The number of amides is 2. The summed E-state index contributed by atoms with van der Waals surface area (Å²) in [4.78, 5) is 20.4. The molecule has 0 radical (unpaired) electrons. The van der Waals surface area contributed by atoms with E-state index in [1.54, 1.807) is 5.43 Å². The lowest BCUT2D eigenvalue weighted by Gasteiger charge is -2.03. The summed E-state index contributed by atoms with van der Waals surface area (Å²) in [7, 11) is 0. The van der Waals surface area contributed by atoms with E-state index in [4.69, 9.17) is 5.11 Å². The van der Waals surface area contributed by atoms with Crippen LogP contribution in [0, 0.1) is 0 Å². The van der Waals surface area contributed by atoms with Crippen LogP contribution in [0.3, 0.4) is 0 Å². The lowest BCUT2D eigenvalue weighted by atomic mass is 10.8. The Morgan fingerprint density at radius 3 is 2.45 bits per heavy atom. The Hall–Kier alpha value is -1.46.